The quantitative estimate of drug-likeness (QED) is 0.354. The van der Waals surface area contributed by atoms with Crippen LogP contribution in [0.5, 0.6) is 5.75 Å². The third-order valence-electron chi connectivity index (χ3n) is 7.51. The first-order valence-electron chi connectivity index (χ1n) is 14.1. The van der Waals surface area contributed by atoms with E-state index in [0.29, 0.717) is 37.2 Å². The molecule has 2 heterocycles. The molecule has 3 aromatic rings. The summed E-state index contributed by atoms with van der Waals surface area (Å²) in [5.74, 6) is 0.398. The lowest BCUT2D eigenvalue weighted by Crippen LogP contribution is -2.53. The number of para-hydroxylation sites is 4. The molecule has 2 saturated heterocycles. The number of methoxy groups -OCH3 is 1. The highest BCUT2D eigenvalue weighted by Crippen LogP contribution is 2.29. The first-order valence-corrected chi connectivity index (χ1v) is 14.1. The Bertz CT molecular complexity index is 1270. The summed E-state index contributed by atoms with van der Waals surface area (Å²) in [5, 5.41) is 0. The maximum absolute atomic E-state index is 13.8. The lowest BCUT2D eigenvalue weighted by molar-refractivity contribution is -0.149. The molecule has 3 amide bonds. The summed E-state index contributed by atoms with van der Waals surface area (Å²) in [4.78, 5) is 46.4. The molecule has 2 aliphatic heterocycles. The normalized spacial score (nSPS) is 16.8. The Kier molecular flexibility index (Phi) is 9.15. The van der Waals surface area contributed by atoms with Crippen molar-refractivity contribution in [1.82, 2.24) is 9.80 Å². The Morgan fingerprint density at radius 3 is 1.93 bits per heavy atom. The van der Waals surface area contributed by atoms with Gasteiger partial charge in [0.1, 0.15) is 11.9 Å². The van der Waals surface area contributed by atoms with E-state index in [1.54, 1.807) is 7.11 Å². The number of imide groups is 1. The predicted molar refractivity (Wildman–Crippen MR) is 158 cm³/mol. The topological polar surface area (TPSA) is 82.6 Å². The van der Waals surface area contributed by atoms with Gasteiger partial charge in [-0.3, -0.25) is 19.4 Å². The number of piperidine rings is 1. The van der Waals surface area contributed by atoms with Crippen LogP contribution in [0.2, 0.25) is 0 Å². The van der Waals surface area contributed by atoms with Crippen molar-refractivity contribution in [2.45, 2.75) is 25.4 Å². The molecular weight excluding hydrogens is 520 g/mol. The Labute approximate surface area is 240 Å². The summed E-state index contributed by atoms with van der Waals surface area (Å²) in [6, 6.07) is 26.6. The average Bonchev–Trinajstić information content (AvgIpc) is 3.00. The van der Waals surface area contributed by atoms with Crippen LogP contribution in [-0.4, -0.2) is 80.2 Å². The monoisotopic (exact) mass is 556 g/mol. The van der Waals surface area contributed by atoms with Crippen molar-refractivity contribution in [2.75, 3.05) is 56.2 Å². The SMILES string of the molecule is COc1ccccc1N1CCN(CC(CN2C(=O)CCCC2=O)OC(=O)N(c2ccccc2)c2ccccc2)CC1. The van der Waals surface area contributed by atoms with Crippen LogP contribution < -0.4 is 14.5 Å². The number of benzene rings is 3. The van der Waals surface area contributed by atoms with Crippen molar-refractivity contribution >= 4 is 35.0 Å². The van der Waals surface area contributed by atoms with Gasteiger partial charge >= 0.3 is 6.09 Å². The van der Waals surface area contributed by atoms with E-state index in [0.717, 1.165) is 37.6 Å². The van der Waals surface area contributed by atoms with E-state index in [-0.39, 0.29) is 18.4 Å². The van der Waals surface area contributed by atoms with Crippen molar-refractivity contribution < 1.29 is 23.9 Å². The maximum atomic E-state index is 13.8. The molecule has 1 unspecified atom stereocenters. The Hall–Kier alpha value is -4.37. The van der Waals surface area contributed by atoms with Gasteiger partial charge in [0, 0.05) is 45.6 Å². The van der Waals surface area contributed by atoms with Gasteiger partial charge in [-0.1, -0.05) is 48.5 Å². The summed E-state index contributed by atoms with van der Waals surface area (Å²) in [6.07, 6.45) is -0.0497. The molecule has 2 aliphatic rings. The molecular formula is C32H36N4O5. The number of rotatable bonds is 9. The van der Waals surface area contributed by atoms with Gasteiger partial charge in [0.05, 0.1) is 30.7 Å². The number of amides is 3. The minimum Gasteiger partial charge on any atom is -0.495 e. The number of carbonyl (C=O) groups is 3. The van der Waals surface area contributed by atoms with Crippen molar-refractivity contribution in [3.8, 4) is 5.75 Å². The highest BCUT2D eigenvalue weighted by molar-refractivity contribution is 5.98. The number of ether oxygens (including phenoxy) is 2. The highest BCUT2D eigenvalue weighted by Gasteiger charge is 2.33. The number of nitrogens with zero attached hydrogens (tertiary/aromatic N) is 4. The molecule has 0 N–H and O–H groups in total. The summed E-state index contributed by atoms with van der Waals surface area (Å²) in [5.41, 5.74) is 2.37. The van der Waals surface area contributed by atoms with E-state index in [4.69, 9.17) is 9.47 Å². The number of hydrogen-bond donors (Lipinski definition) is 0. The summed E-state index contributed by atoms with van der Waals surface area (Å²) >= 11 is 0. The smallest absolute Gasteiger partial charge is 0.419 e. The van der Waals surface area contributed by atoms with Gasteiger partial charge in [-0.15, -0.1) is 0 Å². The van der Waals surface area contributed by atoms with Crippen LogP contribution in [0.25, 0.3) is 0 Å². The van der Waals surface area contributed by atoms with E-state index in [1.807, 2.05) is 78.9 Å². The molecule has 5 rings (SSSR count). The van der Waals surface area contributed by atoms with Crippen LogP contribution in [0.4, 0.5) is 21.9 Å². The van der Waals surface area contributed by atoms with E-state index in [9.17, 15) is 14.4 Å². The minimum atomic E-state index is -0.693. The Balaban J connectivity index is 1.33. The minimum absolute atomic E-state index is 0.0353. The van der Waals surface area contributed by atoms with Crippen molar-refractivity contribution in [1.29, 1.82) is 0 Å². The second-order valence-corrected chi connectivity index (χ2v) is 10.2. The molecule has 9 heteroatoms. The van der Waals surface area contributed by atoms with Gasteiger partial charge in [-0.05, 0) is 42.8 Å². The van der Waals surface area contributed by atoms with Gasteiger partial charge < -0.3 is 14.4 Å². The molecule has 9 nitrogen and oxygen atoms in total. The number of hydrogen-bond acceptors (Lipinski definition) is 7. The second-order valence-electron chi connectivity index (χ2n) is 10.2. The van der Waals surface area contributed by atoms with Crippen LogP contribution in [-0.2, 0) is 14.3 Å². The Morgan fingerprint density at radius 2 is 1.34 bits per heavy atom. The summed E-state index contributed by atoms with van der Waals surface area (Å²) in [7, 11) is 1.67. The van der Waals surface area contributed by atoms with Gasteiger partial charge in [0.15, 0.2) is 0 Å². The molecule has 3 aromatic carbocycles. The number of carbonyl (C=O) groups excluding carboxylic acids is 3. The third-order valence-corrected chi connectivity index (χ3v) is 7.51. The zero-order chi connectivity index (χ0) is 28.6. The summed E-state index contributed by atoms with van der Waals surface area (Å²) < 4.78 is 11.7. The van der Waals surface area contributed by atoms with Gasteiger partial charge in [-0.25, -0.2) is 9.69 Å². The lowest BCUT2D eigenvalue weighted by Gasteiger charge is -2.39. The average molecular weight is 557 g/mol. The fourth-order valence-corrected chi connectivity index (χ4v) is 5.40. The highest BCUT2D eigenvalue weighted by atomic mass is 16.6. The van der Waals surface area contributed by atoms with Gasteiger partial charge in [-0.2, -0.15) is 0 Å². The zero-order valence-corrected chi connectivity index (χ0v) is 23.4. The molecule has 2 fully saturated rings. The van der Waals surface area contributed by atoms with Crippen LogP contribution in [0.3, 0.4) is 0 Å². The maximum Gasteiger partial charge on any atom is 0.419 e. The first-order chi connectivity index (χ1) is 20.0. The molecule has 0 saturated carbocycles. The van der Waals surface area contributed by atoms with Crippen LogP contribution >= 0.6 is 0 Å². The van der Waals surface area contributed by atoms with Crippen LogP contribution in [0, 0.1) is 0 Å². The van der Waals surface area contributed by atoms with Crippen molar-refractivity contribution in [2.24, 2.45) is 0 Å². The number of anilines is 3. The second kappa shape index (κ2) is 13.3. The Morgan fingerprint density at radius 1 is 0.780 bits per heavy atom. The van der Waals surface area contributed by atoms with Gasteiger partial charge in [0.25, 0.3) is 0 Å². The van der Waals surface area contributed by atoms with Crippen LogP contribution in [0.15, 0.2) is 84.9 Å². The summed E-state index contributed by atoms with van der Waals surface area (Å²) in [6.45, 7) is 3.43. The van der Waals surface area contributed by atoms with Gasteiger partial charge in [0.2, 0.25) is 11.8 Å². The fourth-order valence-electron chi connectivity index (χ4n) is 5.40. The fraction of sp³-hybridized carbons (Fsp3) is 0.344. The van der Waals surface area contributed by atoms with E-state index in [1.165, 1.54) is 9.80 Å². The number of likely N-dealkylation sites (tertiary alicyclic amines) is 1. The predicted octanol–water partition coefficient (Wildman–Crippen LogP) is 4.70. The molecule has 214 valence electrons. The molecule has 0 aliphatic carbocycles. The lowest BCUT2D eigenvalue weighted by atomic mass is 10.1. The zero-order valence-electron chi connectivity index (χ0n) is 23.4. The van der Waals surface area contributed by atoms with E-state index in [2.05, 4.69) is 15.9 Å². The van der Waals surface area contributed by atoms with Crippen LogP contribution in [0.1, 0.15) is 19.3 Å². The molecule has 0 radical (unpaired) electrons. The molecule has 0 spiro atoms. The van der Waals surface area contributed by atoms with Crippen molar-refractivity contribution in [3.05, 3.63) is 84.9 Å². The van der Waals surface area contributed by atoms with E-state index < -0.39 is 12.2 Å². The standard InChI is InChI=1S/C32H36N4O5/c1-40-29-16-9-8-15-28(29)34-21-19-33(20-22-34)23-27(24-35-30(37)17-10-18-31(35)38)41-32(39)36(25-11-4-2-5-12-25)26-13-6-3-7-14-26/h2-9,11-16,27H,10,17-24H2,1H3. The first kappa shape index (κ1) is 28.2. The largest absolute Gasteiger partial charge is 0.495 e. The molecule has 41 heavy (non-hydrogen) atoms. The van der Waals surface area contributed by atoms with Crippen molar-refractivity contribution in [3.63, 3.8) is 0 Å². The number of piperazine rings is 1. The third kappa shape index (κ3) is 6.86. The molecule has 0 aromatic heterocycles. The van der Waals surface area contributed by atoms with E-state index >= 15 is 0 Å². The molecule has 1 atom stereocenters. The molecule has 0 bridgehead atoms.